The van der Waals surface area contributed by atoms with Gasteiger partial charge in [-0.2, -0.15) is 13.2 Å². The Bertz CT molecular complexity index is 497. The number of hydrogen-bond acceptors (Lipinski definition) is 3. The maximum absolute atomic E-state index is 12.5. The summed E-state index contributed by atoms with van der Waals surface area (Å²) in [6, 6.07) is 1.05. The second-order valence-corrected chi connectivity index (χ2v) is 4.49. The van der Waals surface area contributed by atoms with Crippen molar-refractivity contribution in [3.8, 4) is 5.75 Å². The molecule has 19 heavy (non-hydrogen) atoms. The Hall–Kier alpha value is -1.79. The third-order valence-electron chi connectivity index (χ3n) is 2.90. The quantitative estimate of drug-likeness (QED) is 0.917. The molecule has 1 aliphatic carbocycles. The first-order chi connectivity index (χ1) is 8.79. The van der Waals surface area contributed by atoms with Gasteiger partial charge in [0.1, 0.15) is 5.75 Å². The van der Waals surface area contributed by atoms with E-state index >= 15 is 0 Å². The van der Waals surface area contributed by atoms with Crippen LogP contribution in [0.3, 0.4) is 0 Å². The zero-order valence-electron chi connectivity index (χ0n) is 10.1. The molecule has 0 aliphatic heterocycles. The minimum atomic E-state index is -4.49. The molecule has 0 bridgehead atoms. The van der Waals surface area contributed by atoms with E-state index in [1.165, 1.54) is 6.20 Å². The van der Waals surface area contributed by atoms with Crippen molar-refractivity contribution in [1.82, 2.24) is 4.98 Å². The standard InChI is InChI=1S/C12H12F3NO3/c1-6(12(13,14)15)19-10-4-9(11(17)18)16-5-8(10)7-2-3-7/h4-7H,2-3H2,1H3,(H,17,18). The Morgan fingerprint density at radius 1 is 1.53 bits per heavy atom. The molecule has 1 N–H and O–H groups in total. The largest absolute Gasteiger partial charge is 0.481 e. The van der Waals surface area contributed by atoms with Crippen molar-refractivity contribution in [2.24, 2.45) is 0 Å². The number of halogens is 3. The van der Waals surface area contributed by atoms with Gasteiger partial charge in [0, 0.05) is 17.8 Å². The van der Waals surface area contributed by atoms with Gasteiger partial charge in [0.25, 0.3) is 0 Å². The van der Waals surface area contributed by atoms with Crippen LogP contribution in [0.15, 0.2) is 12.3 Å². The Labute approximate surface area is 107 Å². The van der Waals surface area contributed by atoms with Gasteiger partial charge in [0.05, 0.1) is 0 Å². The predicted molar refractivity (Wildman–Crippen MR) is 59.3 cm³/mol. The number of carboxylic acids is 1. The minimum absolute atomic E-state index is 0.0419. The molecule has 0 radical (unpaired) electrons. The smallest absolute Gasteiger partial charge is 0.425 e. The van der Waals surface area contributed by atoms with Crippen LogP contribution in [0.25, 0.3) is 0 Å². The van der Waals surface area contributed by atoms with E-state index in [1.54, 1.807) is 0 Å². The van der Waals surface area contributed by atoms with E-state index < -0.39 is 18.2 Å². The Morgan fingerprint density at radius 3 is 2.63 bits per heavy atom. The molecule has 1 aliphatic rings. The van der Waals surface area contributed by atoms with Crippen LogP contribution in [0.4, 0.5) is 13.2 Å². The number of carboxylic acid groups (broad SMARTS) is 1. The number of alkyl halides is 3. The van der Waals surface area contributed by atoms with Crippen molar-refractivity contribution >= 4 is 5.97 Å². The number of nitrogens with zero attached hydrogens (tertiary/aromatic N) is 1. The van der Waals surface area contributed by atoms with E-state index in [1.807, 2.05) is 0 Å². The Kier molecular flexibility index (Phi) is 3.38. The van der Waals surface area contributed by atoms with Crippen molar-refractivity contribution in [1.29, 1.82) is 0 Å². The third-order valence-corrected chi connectivity index (χ3v) is 2.90. The van der Waals surface area contributed by atoms with Gasteiger partial charge in [-0.25, -0.2) is 9.78 Å². The zero-order chi connectivity index (χ0) is 14.2. The summed E-state index contributed by atoms with van der Waals surface area (Å²) in [4.78, 5) is 14.5. The molecule has 1 aromatic rings. The van der Waals surface area contributed by atoms with Crippen LogP contribution < -0.4 is 4.74 Å². The number of aromatic carboxylic acids is 1. The third kappa shape index (κ3) is 3.15. The average molecular weight is 275 g/mol. The van der Waals surface area contributed by atoms with Gasteiger partial charge in [-0.15, -0.1) is 0 Å². The van der Waals surface area contributed by atoms with Crippen molar-refractivity contribution in [2.45, 2.75) is 38.0 Å². The fraction of sp³-hybridized carbons (Fsp3) is 0.500. The summed E-state index contributed by atoms with van der Waals surface area (Å²) in [6.07, 6.45) is -3.49. The highest BCUT2D eigenvalue weighted by Crippen LogP contribution is 2.44. The highest BCUT2D eigenvalue weighted by Gasteiger charge is 2.39. The highest BCUT2D eigenvalue weighted by molar-refractivity contribution is 5.85. The van der Waals surface area contributed by atoms with Gasteiger partial charge in [0.15, 0.2) is 11.8 Å². The van der Waals surface area contributed by atoms with Crippen molar-refractivity contribution < 1.29 is 27.8 Å². The Balaban J connectivity index is 2.30. The van der Waals surface area contributed by atoms with Crippen molar-refractivity contribution in [3.63, 3.8) is 0 Å². The van der Waals surface area contributed by atoms with Crippen molar-refractivity contribution in [2.75, 3.05) is 0 Å². The SMILES string of the molecule is CC(Oc1cc(C(=O)O)ncc1C1CC1)C(F)(F)F. The molecule has 2 rings (SSSR count). The fourth-order valence-corrected chi connectivity index (χ4v) is 1.62. The average Bonchev–Trinajstić information content (AvgIpc) is 3.11. The summed E-state index contributed by atoms with van der Waals surface area (Å²) in [5, 5.41) is 8.81. The minimum Gasteiger partial charge on any atom is -0.481 e. The maximum atomic E-state index is 12.5. The van der Waals surface area contributed by atoms with E-state index in [-0.39, 0.29) is 17.4 Å². The van der Waals surface area contributed by atoms with Crippen LogP contribution in [0.5, 0.6) is 5.75 Å². The molecule has 1 saturated carbocycles. The van der Waals surface area contributed by atoms with E-state index in [0.29, 0.717) is 5.56 Å². The zero-order valence-corrected chi connectivity index (χ0v) is 10.1. The molecular formula is C12H12F3NO3. The second-order valence-electron chi connectivity index (χ2n) is 4.49. The van der Waals surface area contributed by atoms with Crippen LogP contribution in [0.1, 0.15) is 41.7 Å². The van der Waals surface area contributed by atoms with Crippen LogP contribution in [0, 0.1) is 0 Å². The summed E-state index contributed by atoms with van der Waals surface area (Å²) in [6.45, 7) is 0.886. The van der Waals surface area contributed by atoms with Gasteiger partial charge in [-0.05, 0) is 25.7 Å². The lowest BCUT2D eigenvalue weighted by molar-refractivity contribution is -0.189. The molecular weight excluding hydrogens is 263 g/mol. The van der Waals surface area contributed by atoms with E-state index in [9.17, 15) is 18.0 Å². The van der Waals surface area contributed by atoms with Crippen molar-refractivity contribution in [3.05, 3.63) is 23.5 Å². The number of carbonyl (C=O) groups is 1. The van der Waals surface area contributed by atoms with Crippen LogP contribution >= 0.6 is 0 Å². The molecule has 1 aromatic heterocycles. The highest BCUT2D eigenvalue weighted by atomic mass is 19.4. The first kappa shape index (κ1) is 13.6. The summed E-state index contributed by atoms with van der Waals surface area (Å²) in [7, 11) is 0. The number of rotatable bonds is 4. The van der Waals surface area contributed by atoms with Gasteiger partial charge in [-0.3, -0.25) is 0 Å². The molecule has 1 atom stereocenters. The summed E-state index contributed by atoms with van der Waals surface area (Å²) in [5.41, 5.74) is 0.217. The van der Waals surface area contributed by atoms with Gasteiger partial charge in [0.2, 0.25) is 0 Å². The fourth-order valence-electron chi connectivity index (χ4n) is 1.62. The number of aromatic nitrogens is 1. The first-order valence-electron chi connectivity index (χ1n) is 5.75. The molecule has 7 heteroatoms. The summed E-state index contributed by atoms with van der Waals surface area (Å²) < 4.78 is 42.3. The van der Waals surface area contributed by atoms with E-state index in [0.717, 1.165) is 25.8 Å². The number of hydrogen-bond donors (Lipinski definition) is 1. The lowest BCUT2D eigenvalue weighted by atomic mass is 10.1. The molecule has 1 unspecified atom stereocenters. The molecule has 0 saturated heterocycles. The normalized spacial score (nSPS) is 17.1. The molecule has 0 amide bonds. The van der Waals surface area contributed by atoms with Crippen LogP contribution in [-0.2, 0) is 0 Å². The summed E-state index contributed by atoms with van der Waals surface area (Å²) >= 11 is 0. The van der Waals surface area contributed by atoms with Crippen LogP contribution in [-0.4, -0.2) is 28.3 Å². The van der Waals surface area contributed by atoms with Gasteiger partial charge in [-0.1, -0.05) is 0 Å². The second kappa shape index (κ2) is 4.71. The molecule has 0 spiro atoms. The lowest BCUT2D eigenvalue weighted by Crippen LogP contribution is -2.31. The number of pyridine rings is 1. The van der Waals surface area contributed by atoms with Crippen LogP contribution in [0.2, 0.25) is 0 Å². The topological polar surface area (TPSA) is 59.4 Å². The van der Waals surface area contributed by atoms with E-state index in [2.05, 4.69) is 4.98 Å². The Morgan fingerprint density at radius 2 is 2.16 bits per heavy atom. The maximum Gasteiger partial charge on any atom is 0.425 e. The molecule has 1 heterocycles. The predicted octanol–water partition coefficient (Wildman–Crippen LogP) is 2.99. The molecule has 4 nitrogen and oxygen atoms in total. The summed E-state index contributed by atoms with van der Waals surface area (Å²) in [5.74, 6) is -1.22. The molecule has 104 valence electrons. The monoisotopic (exact) mass is 275 g/mol. The number of ether oxygens (including phenoxy) is 1. The molecule has 0 aromatic carbocycles. The lowest BCUT2D eigenvalue weighted by Gasteiger charge is -2.19. The van der Waals surface area contributed by atoms with Gasteiger partial charge < -0.3 is 9.84 Å². The van der Waals surface area contributed by atoms with Gasteiger partial charge >= 0.3 is 12.1 Å². The molecule has 1 fully saturated rings. The van der Waals surface area contributed by atoms with E-state index in [4.69, 9.17) is 9.84 Å². The first-order valence-corrected chi connectivity index (χ1v) is 5.75.